The molecule has 0 bridgehead atoms. The Kier molecular flexibility index (Phi) is 5.69. The second-order valence-electron chi connectivity index (χ2n) is 5.14. The normalized spacial score (nSPS) is 12.4. The monoisotopic (exact) mass is 320 g/mol. The minimum absolute atomic E-state index is 0.0370. The van der Waals surface area contributed by atoms with E-state index in [1.165, 1.54) is 11.0 Å². The van der Waals surface area contributed by atoms with Gasteiger partial charge < -0.3 is 10.0 Å². The molecule has 0 atom stereocenters. The van der Waals surface area contributed by atoms with Crippen molar-refractivity contribution in [3.63, 3.8) is 0 Å². The highest BCUT2D eigenvalue weighted by Gasteiger charge is 2.20. The molecule has 1 aromatic heterocycles. The van der Waals surface area contributed by atoms with Crippen LogP contribution in [0.2, 0.25) is 0 Å². The smallest absolute Gasteiger partial charge is 0.250 e. The van der Waals surface area contributed by atoms with Crippen molar-refractivity contribution in [2.24, 2.45) is 0 Å². The summed E-state index contributed by atoms with van der Waals surface area (Å²) in [6, 6.07) is 3.16. The molecule has 0 aliphatic heterocycles. The maximum absolute atomic E-state index is 11.8. The lowest BCUT2D eigenvalue weighted by molar-refractivity contribution is -0.132. The van der Waals surface area contributed by atoms with Gasteiger partial charge in [-0.05, 0) is 25.3 Å². The second kappa shape index (κ2) is 6.66. The predicted molar refractivity (Wildman–Crippen MR) is 78.1 cm³/mol. The van der Waals surface area contributed by atoms with Crippen LogP contribution in [-0.4, -0.2) is 50.1 Å². The van der Waals surface area contributed by atoms with Gasteiger partial charge in [-0.2, -0.15) is 0 Å². The van der Waals surface area contributed by atoms with E-state index >= 15 is 0 Å². The molecule has 8 heteroatoms. The number of thiophene rings is 1. The van der Waals surface area contributed by atoms with E-state index < -0.39 is 15.6 Å². The molecule has 20 heavy (non-hydrogen) atoms. The van der Waals surface area contributed by atoms with E-state index in [1.807, 2.05) is 0 Å². The number of carbonyl (C=O) groups is 1. The Bertz CT molecular complexity index is 532. The third-order valence-electron chi connectivity index (χ3n) is 2.44. The molecule has 0 radical (unpaired) electrons. The summed E-state index contributed by atoms with van der Waals surface area (Å²) in [5, 5.41) is 11.3. The molecule has 114 valence electrons. The number of hydrogen-bond acceptors (Lipinski definition) is 5. The molecule has 0 aliphatic rings. The molecular formula is C12H20N2O4S2. The van der Waals surface area contributed by atoms with Crippen LogP contribution in [-0.2, 0) is 14.8 Å². The van der Waals surface area contributed by atoms with Gasteiger partial charge in [0.2, 0.25) is 15.9 Å². The van der Waals surface area contributed by atoms with Gasteiger partial charge in [-0.3, -0.25) is 4.79 Å². The molecule has 0 saturated carbocycles. The molecule has 1 amide bonds. The average molecular weight is 320 g/mol. The van der Waals surface area contributed by atoms with Crippen LogP contribution >= 0.6 is 11.3 Å². The molecule has 1 aromatic rings. The SMILES string of the molecule is CN(CC(C)(C)O)C(=O)CCNS(=O)(=O)c1cccs1. The number of nitrogens with zero attached hydrogens (tertiary/aromatic N) is 1. The topological polar surface area (TPSA) is 86.7 Å². The van der Waals surface area contributed by atoms with Crippen molar-refractivity contribution in [3.05, 3.63) is 17.5 Å². The number of likely N-dealkylation sites (N-methyl/N-ethyl adjacent to an activating group) is 1. The quantitative estimate of drug-likeness (QED) is 0.772. The van der Waals surface area contributed by atoms with Gasteiger partial charge in [0.05, 0.1) is 5.60 Å². The summed E-state index contributed by atoms with van der Waals surface area (Å²) >= 11 is 1.12. The zero-order valence-corrected chi connectivity index (χ0v) is 13.4. The van der Waals surface area contributed by atoms with E-state index in [-0.39, 0.29) is 29.6 Å². The fourth-order valence-electron chi connectivity index (χ4n) is 1.64. The first-order valence-corrected chi connectivity index (χ1v) is 8.48. The Hall–Kier alpha value is -0.960. The molecule has 6 nitrogen and oxygen atoms in total. The largest absolute Gasteiger partial charge is 0.389 e. The van der Waals surface area contributed by atoms with Crippen LogP contribution in [0.1, 0.15) is 20.3 Å². The van der Waals surface area contributed by atoms with Crippen LogP contribution in [0.3, 0.4) is 0 Å². The summed E-state index contributed by atoms with van der Waals surface area (Å²) in [7, 11) is -1.95. The van der Waals surface area contributed by atoms with Crippen molar-refractivity contribution in [1.82, 2.24) is 9.62 Å². The number of amides is 1. The molecular weight excluding hydrogens is 300 g/mol. The standard InChI is InChI=1S/C12H20N2O4S2/c1-12(2,16)9-14(3)10(15)6-7-13-20(17,18)11-5-4-8-19-11/h4-5,8,13,16H,6-7,9H2,1-3H3. The van der Waals surface area contributed by atoms with Crippen LogP contribution < -0.4 is 4.72 Å². The van der Waals surface area contributed by atoms with E-state index in [9.17, 15) is 18.3 Å². The Labute approximate surface area is 123 Å². The number of rotatable bonds is 7. The number of nitrogens with one attached hydrogen (secondary N) is 1. The lowest BCUT2D eigenvalue weighted by atomic mass is 10.1. The molecule has 1 heterocycles. The molecule has 0 spiro atoms. The second-order valence-corrected chi connectivity index (χ2v) is 8.08. The zero-order valence-electron chi connectivity index (χ0n) is 11.8. The molecule has 0 saturated heterocycles. The van der Waals surface area contributed by atoms with Gasteiger partial charge in [-0.25, -0.2) is 13.1 Å². The number of carbonyl (C=O) groups excluding carboxylic acids is 1. The van der Waals surface area contributed by atoms with Gasteiger partial charge >= 0.3 is 0 Å². The van der Waals surface area contributed by atoms with Crippen molar-refractivity contribution in [2.45, 2.75) is 30.1 Å². The third kappa shape index (κ3) is 5.58. The van der Waals surface area contributed by atoms with Crippen LogP contribution in [0.15, 0.2) is 21.7 Å². The summed E-state index contributed by atoms with van der Waals surface area (Å²) in [6.07, 6.45) is 0.0528. The first-order chi connectivity index (χ1) is 9.12. The summed E-state index contributed by atoms with van der Waals surface area (Å²) < 4.78 is 26.2. The summed E-state index contributed by atoms with van der Waals surface area (Å²) in [5.41, 5.74) is -0.971. The number of sulfonamides is 1. The fourth-order valence-corrected chi connectivity index (χ4v) is 3.71. The first kappa shape index (κ1) is 17.1. The van der Waals surface area contributed by atoms with Gasteiger partial charge in [0, 0.05) is 26.6 Å². The maximum Gasteiger partial charge on any atom is 0.250 e. The van der Waals surface area contributed by atoms with Gasteiger partial charge in [0.1, 0.15) is 4.21 Å². The van der Waals surface area contributed by atoms with Gasteiger partial charge in [0.25, 0.3) is 0 Å². The Morgan fingerprint density at radius 3 is 2.65 bits per heavy atom. The van der Waals surface area contributed by atoms with Crippen molar-refractivity contribution in [3.8, 4) is 0 Å². The Morgan fingerprint density at radius 1 is 1.50 bits per heavy atom. The van der Waals surface area contributed by atoms with E-state index in [0.29, 0.717) is 0 Å². The third-order valence-corrected chi connectivity index (χ3v) is 5.30. The van der Waals surface area contributed by atoms with Crippen LogP contribution in [0.5, 0.6) is 0 Å². The van der Waals surface area contributed by atoms with Crippen LogP contribution in [0.4, 0.5) is 0 Å². The van der Waals surface area contributed by atoms with Crippen molar-refractivity contribution < 1.29 is 18.3 Å². The van der Waals surface area contributed by atoms with Crippen LogP contribution in [0.25, 0.3) is 0 Å². The maximum atomic E-state index is 11.8. The average Bonchev–Trinajstić information content (AvgIpc) is 2.80. The lowest BCUT2D eigenvalue weighted by Crippen LogP contribution is -2.40. The lowest BCUT2D eigenvalue weighted by Gasteiger charge is -2.25. The minimum atomic E-state index is -3.53. The first-order valence-electron chi connectivity index (χ1n) is 6.11. The Balaban J connectivity index is 2.43. The van der Waals surface area contributed by atoms with E-state index in [1.54, 1.807) is 32.3 Å². The summed E-state index contributed by atoms with van der Waals surface area (Å²) in [6.45, 7) is 3.45. The predicted octanol–water partition coefficient (Wildman–Crippen LogP) is 0.646. The van der Waals surface area contributed by atoms with Crippen LogP contribution in [0, 0.1) is 0 Å². The Morgan fingerprint density at radius 2 is 2.15 bits per heavy atom. The molecule has 0 unspecified atom stereocenters. The highest BCUT2D eigenvalue weighted by molar-refractivity contribution is 7.91. The number of aliphatic hydroxyl groups is 1. The van der Waals surface area contributed by atoms with E-state index in [2.05, 4.69) is 4.72 Å². The summed E-state index contributed by atoms with van der Waals surface area (Å²) in [5.74, 6) is -0.221. The number of hydrogen-bond donors (Lipinski definition) is 2. The van der Waals surface area contributed by atoms with Crippen molar-refractivity contribution >= 4 is 27.3 Å². The molecule has 0 aromatic carbocycles. The van der Waals surface area contributed by atoms with E-state index in [0.717, 1.165) is 11.3 Å². The molecule has 2 N–H and O–H groups in total. The van der Waals surface area contributed by atoms with E-state index in [4.69, 9.17) is 0 Å². The highest BCUT2D eigenvalue weighted by atomic mass is 32.2. The van der Waals surface area contributed by atoms with Crippen molar-refractivity contribution in [2.75, 3.05) is 20.1 Å². The minimum Gasteiger partial charge on any atom is -0.389 e. The van der Waals surface area contributed by atoms with Crippen molar-refractivity contribution in [1.29, 1.82) is 0 Å². The van der Waals surface area contributed by atoms with Gasteiger partial charge in [-0.15, -0.1) is 11.3 Å². The highest BCUT2D eigenvalue weighted by Crippen LogP contribution is 2.15. The molecule has 0 aliphatic carbocycles. The fraction of sp³-hybridized carbons (Fsp3) is 0.583. The molecule has 1 rings (SSSR count). The van der Waals surface area contributed by atoms with Gasteiger partial charge in [0.15, 0.2) is 0 Å². The zero-order chi connectivity index (χ0) is 15.4. The molecule has 0 fully saturated rings. The summed E-state index contributed by atoms with van der Waals surface area (Å²) in [4.78, 5) is 13.2. The van der Waals surface area contributed by atoms with Gasteiger partial charge in [-0.1, -0.05) is 6.07 Å².